The summed E-state index contributed by atoms with van der Waals surface area (Å²) in [7, 11) is 0. The Balaban J connectivity index is 1.17. The Morgan fingerprint density at radius 1 is 0.379 bits per heavy atom. The van der Waals surface area contributed by atoms with Gasteiger partial charge in [0, 0.05) is 39.7 Å². The van der Waals surface area contributed by atoms with E-state index < -0.39 is 5.41 Å². The number of aromatic nitrogens is 2. The van der Waals surface area contributed by atoms with Crippen LogP contribution in [0.4, 0.5) is 0 Å². The van der Waals surface area contributed by atoms with E-state index in [2.05, 4.69) is 202 Å². The molecule has 0 aliphatic heterocycles. The number of benzene rings is 8. The highest BCUT2D eigenvalue weighted by Gasteiger charge is 2.52. The Labute approximate surface area is 338 Å². The monoisotopic (exact) mass is 738 g/mol. The number of fused-ring (bicyclic) bond motifs is 11. The van der Waals surface area contributed by atoms with Crippen molar-refractivity contribution in [3.05, 3.63) is 228 Å². The summed E-state index contributed by atoms with van der Waals surface area (Å²) in [6, 6.07) is 67.2. The molecule has 8 aromatic carbocycles. The van der Waals surface area contributed by atoms with E-state index in [1.165, 1.54) is 77.5 Å². The van der Waals surface area contributed by atoms with Crippen LogP contribution in [0, 0.1) is 0 Å². The summed E-state index contributed by atoms with van der Waals surface area (Å²) in [6.07, 6.45) is 4.09. The minimum atomic E-state index is -0.584. The topological polar surface area (TPSA) is 25.8 Å². The van der Waals surface area contributed by atoms with Gasteiger partial charge in [-0.1, -0.05) is 159 Å². The lowest BCUT2D eigenvalue weighted by molar-refractivity contribution is 0.634. The molecule has 0 bridgehead atoms. The standard InChI is InChI=1S/C56H38N2/c1-55(2)49-32-47(39-30-37-16-10-14-24-51(37)58-34-39)42-21-11-12-22-44(42)52(49)46-28-27-45-43-26-25-35(38-29-36-15-9-13-23-50(36)57-33-38)31-48(43)56(54(45)53(46)55,40-17-5-3-6-18-40)41-19-7-4-8-20-41/h3-34H,1-2H3. The first-order chi connectivity index (χ1) is 28.5. The van der Waals surface area contributed by atoms with Crippen LogP contribution in [0.3, 0.4) is 0 Å². The van der Waals surface area contributed by atoms with Gasteiger partial charge in [0.1, 0.15) is 0 Å². The number of nitrogens with zero attached hydrogens (tertiary/aromatic N) is 2. The minimum absolute atomic E-state index is 0.332. The molecule has 0 saturated heterocycles. The van der Waals surface area contributed by atoms with E-state index in [0.29, 0.717) is 0 Å². The lowest BCUT2D eigenvalue weighted by atomic mass is 9.63. The summed E-state index contributed by atoms with van der Waals surface area (Å²) >= 11 is 0. The third kappa shape index (κ3) is 4.49. The van der Waals surface area contributed by atoms with Gasteiger partial charge in [-0.15, -0.1) is 0 Å². The van der Waals surface area contributed by atoms with Gasteiger partial charge in [-0.3, -0.25) is 9.97 Å². The molecule has 0 fully saturated rings. The molecule has 0 amide bonds. The molecule has 0 unspecified atom stereocenters. The highest BCUT2D eigenvalue weighted by Crippen LogP contribution is 2.64. The van der Waals surface area contributed by atoms with Gasteiger partial charge in [-0.05, 0) is 114 Å². The molecule has 2 aromatic heterocycles. The van der Waals surface area contributed by atoms with Gasteiger partial charge in [-0.2, -0.15) is 0 Å². The molecular formula is C56H38N2. The average molecular weight is 739 g/mol. The number of para-hydroxylation sites is 2. The molecule has 2 aliphatic rings. The summed E-state index contributed by atoms with van der Waals surface area (Å²) in [6.45, 7) is 4.90. The van der Waals surface area contributed by atoms with Crippen molar-refractivity contribution >= 4 is 32.6 Å². The summed E-state index contributed by atoms with van der Waals surface area (Å²) in [4.78, 5) is 9.83. The van der Waals surface area contributed by atoms with Crippen LogP contribution >= 0.6 is 0 Å². The van der Waals surface area contributed by atoms with Gasteiger partial charge in [0.05, 0.1) is 16.4 Å². The van der Waals surface area contributed by atoms with E-state index in [9.17, 15) is 0 Å². The zero-order valence-corrected chi connectivity index (χ0v) is 32.4. The lowest BCUT2D eigenvalue weighted by Crippen LogP contribution is -2.32. The smallest absolute Gasteiger partial charge is 0.0716 e. The predicted octanol–water partition coefficient (Wildman–Crippen LogP) is 13.9. The Morgan fingerprint density at radius 3 is 1.62 bits per heavy atom. The first-order valence-corrected chi connectivity index (χ1v) is 20.2. The Kier molecular flexibility index (Phi) is 6.93. The van der Waals surface area contributed by atoms with E-state index in [4.69, 9.17) is 9.97 Å². The van der Waals surface area contributed by atoms with Crippen molar-refractivity contribution in [2.75, 3.05) is 0 Å². The Bertz CT molecular complexity index is 3270. The van der Waals surface area contributed by atoms with Crippen molar-refractivity contribution in [3.63, 3.8) is 0 Å². The van der Waals surface area contributed by atoms with Gasteiger partial charge >= 0.3 is 0 Å². The number of rotatable bonds is 4. The van der Waals surface area contributed by atoms with Crippen LogP contribution < -0.4 is 0 Å². The van der Waals surface area contributed by atoms with Crippen LogP contribution in [0.25, 0.3) is 77.1 Å². The van der Waals surface area contributed by atoms with Crippen LogP contribution in [0.1, 0.15) is 47.2 Å². The molecule has 272 valence electrons. The van der Waals surface area contributed by atoms with E-state index >= 15 is 0 Å². The minimum Gasteiger partial charge on any atom is -0.256 e. The molecule has 2 heterocycles. The Hall–Kier alpha value is -7.16. The van der Waals surface area contributed by atoms with E-state index in [1.54, 1.807) is 0 Å². The molecule has 0 N–H and O–H groups in total. The second-order valence-electron chi connectivity index (χ2n) is 16.5. The zero-order chi connectivity index (χ0) is 38.6. The highest BCUT2D eigenvalue weighted by atomic mass is 14.7. The first kappa shape index (κ1) is 33.0. The summed E-state index contributed by atoms with van der Waals surface area (Å²) < 4.78 is 0. The molecule has 0 atom stereocenters. The average Bonchev–Trinajstić information content (AvgIpc) is 3.71. The molecule has 12 rings (SSSR count). The fraction of sp³-hybridized carbons (Fsp3) is 0.0714. The highest BCUT2D eigenvalue weighted by molar-refractivity contribution is 6.10. The van der Waals surface area contributed by atoms with Gasteiger partial charge in [0.2, 0.25) is 0 Å². The fourth-order valence-corrected chi connectivity index (χ4v) is 10.6. The molecule has 0 radical (unpaired) electrons. The van der Waals surface area contributed by atoms with Crippen LogP contribution in [0.15, 0.2) is 194 Å². The second kappa shape index (κ2) is 12.2. The normalized spacial score (nSPS) is 14.3. The third-order valence-corrected chi connectivity index (χ3v) is 13.1. The molecule has 58 heavy (non-hydrogen) atoms. The van der Waals surface area contributed by atoms with Crippen LogP contribution in [0.2, 0.25) is 0 Å². The Morgan fingerprint density at radius 2 is 0.931 bits per heavy atom. The van der Waals surface area contributed by atoms with Crippen LogP contribution in [-0.4, -0.2) is 9.97 Å². The first-order valence-electron chi connectivity index (χ1n) is 20.2. The molecule has 2 heteroatoms. The van der Waals surface area contributed by atoms with Gasteiger partial charge in [0.15, 0.2) is 0 Å². The number of hydrogen-bond donors (Lipinski definition) is 0. The SMILES string of the molecule is CC1(C)c2cc(-c3cnc4ccccc4c3)c3ccccc3c2-c2ccc3c(c21)C(c1ccccc1)(c1ccccc1)c1cc(-c2cnc4ccccc4c2)ccc1-3. The van der Waals surface area contributed by atoms with E-state index in [1.807, 2.05) is 6.20 Å². The summed E-state index contributed by atoms with van der Waals surface area (Å²) in [5.74, 6) is 0. The van der Waals surface area contributed by atoms with Crippen molar-refractivity contribution in [2.24, 2.45) is 0 Å². The molecule has 0 saturated carbocycles. The predicted molar refractivity (Wildman–Crippen MR) is 240 cm³/mol. The van der Waals surface area contributed by atoms with Crippen LogP contribution in [-0.2, 0) is 10.8 Å². The molecule has 2 nitrogen and oxygen atoms in total. The van der Waals surface area contributed by atoms with Gasteiger partial charge in [-0.25, -0.2) is 0 Å². The quantitative estimate of drug-likeness (QED) is 0.180. The van der Waals surface area contributed by atoms with Gasteiger partial charge in [0.25, 0.3) is 0 Å². The number of pyridine rings is 2. The van der Waals surface area contributed by atoms with E-state index in [0.717, 1.165) is 32.9 Å². The van der Waals surface area contributed by atoms with Gasteiger partial charge < -0.3 is 0 Å². The van der Waals surface area contributed by atoms with Crippen LogP contribution in [0.5, 0.6) is 0 Å². The largest absolute Gasteiger partial charge is 0.256 e. The van der Waals surface area contributed by atoms with E-state index in [-0.39, 0.29) is 5.41 Å². The van der Waals surface area contributed by atoms with Crippen molar-refractivity contribution in [1.29, 1.82) is 0 Å². The second-order valence-corrected chi connectivity index (χ2v) is 16.5. The lowest BCUT2D eigenvalue weighted by Gasteiger charge is -2.38. The maximum atomic E-state index is 4.93. The molecule has 2 aliphatic carbocycles. The number of hydrogen-bond acceptors (Lipinski definition) is 2. The third-order valence-electron chi connectivity index (χ3n) is 13.1. The molecular weight excluding hydrogens is 701 g/mol. The maximum Gasteiger partial charge on any atom is 0.0716 e. The zero-order valence-electron chi connectivity index (χ0n) is 32.4. The van der Waals surface area contributed by atoms with Crippen molar-refractivity contribution in [2.45, 2.75) is 24.7 Å². The summed E-state index contributed by atoms with van der Waals surface area (Å²) in [5.41, 5.74) is 19.0. The van der Waals surface area contributed by atoms with Crippen molar-refractivity contribution in [1.82, 2.24) is 9.97 Å². The summed E-state index contributed by atoms with van der Waals surface area (Å²) in [5, 5.41) is 4.82. The molecule has 10 aromatic rings. The maximum absolute atomic E-state index is 4.93. The fourth-order valence-electron chi connectivity index (χ4n) is 10.6. The van der Waals surface area contributed by atoms with Crippen molar-refractivity contribution < 1.29 is 0 Å². The molecule has 0 spiro atoms. The van der Waals surface area contributed by atoms with Crippen molar-refractivity contribution in [3.8, 4) is 44.5 Å².